The second kappa shape index (κ2) is 3.85. The molecule has 0 spiro atoms. The second-order valence-electron chi connectivity index (χ2n) is 3.77. The number of esters is 1. The van der Waals surface area contributed by atoms with Gasteiger partial charge in [0.2, 0.25) is 0 Å². The highest BCUT2D eigenvalue weighted by Crippen LogP contribution is 2.27. The molecule has 2 rings (SSSR count). The maximum atomic E-state index is 11.4. The van der Waals surface area contributed by atoms with Crippen LogP contribution >= 0.6 is 11.6 Å². The van der Waals surface area contributed by atoms with Gasteiger partial charge in [0.1, 0.15) is 5.82 Å². The predicted octanol–water partition coefficient (Wildman–Crippen LogP) is 1.58. The molecule has 0 radical (unpaired) electrons. The van der Waals surface area contributed by atoms with Gasteiger partial charge in [-0.15, -0.1) is 0 Å². The van der Waals surface area contributed by atoms with Gasteiger partial charge in [-0.3, -0.25) is 4.79 Å². The Bertz CT molecular complexity index is 400. The molecule has 15 heavy (non-hydrogen) atoms. The first-order valence-electron chi connectivity index (χ1n) is 4.92. The van der Waals surface area contributed by atoms with E-state index >= 15 is 0 Å². The number of rotatable bonds is 1. The molecule has 0 N–H and O–H groups in total. The molecule has 0 aromatic carbocycles. The molecule has 1 atom stereocenters. The summed E-state index contributed by atoms with van der Waals surface area (Å²) >= 11 is 5.98. The van der Waals surface area contributed by atoms with Gasteiger partial charge in [0.05, 0.1) is 18.7 Å². The van der Waals surface area contributed by atoms with Gasteiger partial charge in [-0.05, 0) is 19.8 Å². The highest BCUT2D eigenvalue weighted by molar-refractivity contribution is 6.30. The van der Waals surface area contributed by atoms with Crippen molar-refractivity contribution in [3.8, 4) is 0 Å². The van der Waals surface area contributed by atoms with Crippen LogP contribution in [0.2, 0.25) is 5.15 Å². The number of aromatic nitrogens is 2. The van der Waals surface area contributed by atoms with Crippen LogP contribution in [0.3, 0.4) is 0 Å². The largest absolute Gasteiger partial charge is 0.469 e. The molecular formula is C10H13ClN2O2. The highest BCUT2D eigenvalue weighted by Gasteiger charge is 2.28. The molecule has 1 aromatic heterocycles. The highest BCUT2D eigenvalue weighted by atomic mass is 35.5. The van der Waals surface area contributed by atoms with Crippen molar-refractivity contribution in [3.63, 3.8) is 0 Å². The number of fused-ring (bicyclic) bond motifs is 1. The molecule has 2 heterocycles. The number of aryl methyl sites for hydroxylation is 1. The Morgan fingerprint density at radius 2 is 2.40 bits per heavy atom. The summed E-state index contributed by atoms with van der Waals surface area (Å²) in [5.74, 6) is 0.653. The van der Waals surface area contributed by atoms with E-state index in [1.165, 1.54) is 7.11 Å². The average molecular weight is 229 g/mol. The fourth-order valence-corrected chi connectivity index (χ4v) is 2.35. The lowest BCUT2D eigenvalue weighted by molar-refractivity contribution is -0.146. The summed E-state index contributed by atoms with van der Waals surface area (Å²) in [4.78, 5) is 15.6. The van der Waals surface area contributed by atoms with Crippen LogP contribution < -0.4 is 0 Å². The third-order valence-electron chi connectivity index (χ3n) is 2.88. The Balaban J connectivity index is 2.26. The summed E-state index contributed by atoms with van der Waals surface area (Å²) < 4.78 is 6.75. The molecule has 5 heteroatoms. The summed E-state index contributed by atoms with van der Waals surface area (Å²) in [5.41, 5.74) is 1.04. The number of hydrogen-bond acceptors (Lipinski definition) is 3. The van der Waals surface area contributed by atoms with E-state index in [0.29, 0.717) is 11.7 Å². The van der Waals surface area contributed by atoms with Gasteiger partial charge in [-0.1, -0.05) is 11.6 Å². The summed E-state index contributed by atoms with van der Waals surface area (Å²) in [6.07, 6.45) is 1.58. The zero-order valence-electron chi connectivity index (χ0n) is 8.79. The van der Waals surface area contributed by atoms with Crippen LogP contribution in [-0.4, -0.2) is 22.6 Å². The quantitative estimate of drug-likeness (QED) is 0.686. The number of halogens is 1. The zero-order chi connectivity index (χ0) is 11.0. The summed E-state index contributed by atoms with van der Waals surface area (Å²) in [6, 6.07) is 0. The van der Waals surface area contributed by atoms with Crippen molar-refractivity contribution < 1.29 is 9.53 Å². The van der Waals surface area contributed by atoms with Crippen LogP contribution in [0.1, 0.15) is 17.9 Å². The minimum atomic E-state index is -0.148. The second-order valence-corrected chi connectivity index (χ2v) is 4.12. The fraction of sp³-hybridized carbons (Fsp3) is 0.600. The van der Waals surface area contributed by atoms with E-state index in [4.69, 9.17) is 16.3 Å². The molecule has 82 valence electrons. The number of carbonyl (C=O) groups excluding carboxylic acids is 1. The maximum Gasteiger partial charge on any atom is 0.310 e. The van der Waals surface area contributed by atoms with Crippen molar-refractivity contribution in [2.24, 2.45) is 5.92 Å². The monoisotopic (exact) mass is 228 g/mol. The number of nitrogens with zero attached hydrogens (tertiary/aromatic N) is 2. The smallest absolute Gasteiger partial charge is 0.310 e. The third kappa shape index (κ3) is 1.74. The van der Waals surface area contributed by atoms with Crippen LogP contribution in [0, 0.1) is 12.8 Å². The molecule has 0 saturated carbocycles. The predicted molar refractivity (Wildman–Crippen MR) is 55.8 cm³/mol. The summed E-state index contributed by atoms with van der Waals surface area (Å²) in [6.45, 7) is 2.53. The van der Waals surface area contributed by atoms with Gasteiger partial charge in [0.15, 0.2) is 5.15 Å². The van der Waals surface area contributed by atoms with Crippen LogP contribution in [0.4, 0.5) is 0 Å². The molecule has 1 unspecified atom stereocenters. The van der Waals surface area contributed by atoms with Crippen LogP contribution in [0.25, 0.3) is 0 Å². The SMILES string of the molecule is COC(=O)C1CCc2c(Cl)nc(C)n2C1. The molecule has 0 fully saturated rings. The van der Waals surface area contributed by atoms with Gasteiger partial charge >= 0.3 is 5.97 Å². The van der Waals surface area contributed by atoms with E-state index in [-0.39, 0.29) is 11.9 Å². The fourth-order valence-electron chi connectivity index (χ4n) is 2.04. The Labute approximate surface area is 93.2 Å². The van der Waals surface area contributed by atoms with Crippen molar-refractivity contribution in [3.05, 3.63) is 16.7 Å². The lowest BCUT2D eigenvalue weighted by Gasteiger charge is -2.23. The van der Waals surface area contributed by atoms with Gasteiger partial charge in [-0.2, -0.15) is 0 Å². The number of carbonyl (C=O) groups is 1. The van der Waals surface area contributed by atoms with E-state index < -0.39 is 0 Å². The van der Waals surface area contributed by atoms with Crippen LogP contribution in [0.15, 0.2) is 0 Å². The molecule has 1 aliphatic heterocycles. The van der Waals surface area contributed by atoms with E-state index in [1.807, 2.05) is 11.5 Å². The van der Waals surface area contributed by atoms with Crippen molar-refractivity contribution in [1.29, 1.82) is 0 Å². The van der Waals surface area contributed by atoms with Gasteiger partial charge < -0.3 is 9.30 Å². The number of methoxy groups -OCH3 is 1. The molecule has 1 aliphatic rings. The first-order valence-corrected chi connectivity index (χ1v) is 5.30. The lowest BCUT2D eigenvalue weighted by Crippen LogP contribution is -2.28. The first-order chi connectivity index (χ1) is 7.13. The first kappa shape index (κ1) is 10.5. The number of hydrogen-bond donors (Lipinski definition) is 0. The molecule has 0 aliphatic carbocycles. The minimum absolute atomic E-state index is 0.0635. The Hall–Kier alpha value is -1.03. The van der Waals surface area contributed by atoms with Gasteiger partial charge in [0, 0.05) is 6.54 Å². The molecule has 0 amide bonds. The number of imidazole rings is 1. The molecule has 0 saturated heterocycles. The van der Waals surface area contributed by atoms with Crippen molar-refractivity contribution in [2.45, 2.75) is 26.3 Å². The van der Waals surface area contributed by atoms with Gasteiger partial charge in [-0.25, -0.2) is 4.98 Å². The summed E-state index contributed by atoms with van der Waals surface area (Å²) in [7, 11) is 1.42. The van der Waals surface area contributed by atoms with Crippen molar-refractivity contribution in [2.75, 3.05) is 7.11 Å². The zero-order valence-corrected chi connectivity index (χ0v) is 9.54. The summed E-state index contributed by atoms with van der Waals surface area (Å²) in [5, 5.41) is 0.566. The number of ether oxygens (including phenoxy) is 1. The van der Waals surface area contributed by atoms with Crippen molar-refractivity contribution in [1.82, 2.24) is 9.55 Å². The van der Waals surface area contributed by atoms with E-state index in [2.05, 4.69) is 4.98 Å². The molecule has 0 bridgehead atoms. The topological polar surface area (TPSA) is 44.1 Å². The van der Waals surface area contributed by atoms with Crippen molar-refractivity contribution >= 4 is 17.6 Å². The molecule has 1 aromatic rings. The minimum Gasteiger partial charge on any atom is -0.469 e. The average Bonchev–Trinajstić information content (AvgIpc) is 2.53. The molecule has 4 nitrogen and oxygen atoms in total. The Morgan fingerprint density at radius 3 is 3.07 bits per heavy atom. The van der Waals surface area contributed by atoms with Gasteiger partial charge in [0.25, 0.3) is 0 Å². The van der Waals surface area contributed by atoms with Crippen LogP contribution in [0.5, 0.6) is 0 Å². The standard InChI is InChI=1S/C10H13ClN2O2/c1-6-12-9(11)8-4-3-7(5-13(6)8)10(14)15-2/h7H,3-5H2,1-2H3. The Morgan fingerprint density at radius 1 is 1.67 bits per heavy atom. The molecular weight excluding hydrogens is 216 g/mol. The van der Waals surface area contributed by atoms with Crippen LogP contribution in [-0.2, 0) is 22.5 Å². The van der Waals surface area contributed by atoms with E-state index in [0.717, 1.165) is 24.4 Å². The normalized spacial score (nSPS) is 19.8. The maximum absolute atomic E-state index is 11.4. The Kier molecular flexibility index (Phi) is 2.69. The lowest BCUT2D eigenvalue weighted by atomic mass is 9.98. The third-order valence-corrected chi connectivity index (χ3v) is 3.18. The van der Waals surface area contributed by atoms with E-state index in [9.17, 15) is 4.79 Å². The van der Waals surface area contributed by atoms with E-state index in [1.54, 1.807) is 0 Å².